The number of halogens is 2. The highest BCUT2D eigenvalue weighted by atomic mass is 79.9. The molecular weight excluding hydrogens is 300 g/mol. The first-order chi connectivity index (χ1) is 8.07. The maximum atomic E-state index is 9.42. The third-order valence-corrected chi connectivity index (χ3v) is 4.75. The molecule has 0 aromatic heterocycles. The van der Waals surface area contributed by atoms with Gasteiger partial charge < -0.3 is 5.32 Å². The minimum Gasteiger partial charge on any atom is -0.367 e. The summed E-state index contributed by atoms with van der Waals surface area (Å²) in [6.45, 7) is 2.13. The molecule has 2 atom stereocenters. The third-order valence-electron chi connectivity index (χ3n) is 3.54. The number of nitrogens with zero attached hydrogens (tertiary/aromatic N) is 1. The largest absolute Gasteiger partial charge is 0.367 e. The number of benzene rings is 1. The van der Waals surface area contributed by atoms with E-state index in [1.807, 2.05) is 18.2 Å². The molecule has 1 aromatic carbocycles. The fourth-order valence-corrected chi connectivity index (χ4v) is 2.89. The van der Waals surface area contributed by atoms with E-state index < -0.39 is 5.54 Å². The average molecular weight is 314 g/mol. The van der Waals surface area contributed by atoms with Gasteiger partial charge in [0.1, 0.15) is 5.54 Å². The molecule has 1 aliphatic rings. The molecule has 2 nitrogen and oxygen atoms in total. The van der Waals surface area contributed by atoms with Crippen molar-refractivity contribution in [3.63, 3.8) is 0 Å². The first kappa shape index (κ1) is 12.7. The summed E-state index contributed by atoms with van der Waals surface area (Å²) >= 11 is 9.35. The Morgan fingerprint density at radius 2 is 2.35 bits per heavy atom. The fourth-order valence-electron chi connectivity index (χ4n) is 2.39. The quantitative estimate of drug-likeness (QED) is 0.866. The summed E-state index contributed by atoms with van der Waals surface area (Å²) < 4.78 is 0.850. The second kappa shape index (κ2) is 4.88. The van der Waals surface area contributed by atoms with Crippen LogP contribution in [0.5, 0.6) is 0 Å². The summed E-state index contributed by atoms with van der Waals surface area (Å²) in [7, 11) is 0. The lowest BCUT2D eigenvalue weighted by Gasteiger charge is -2.28. The molecule has 0 saturated heterocycles. The van der Waals surface area contributed by atoms with Crippen molar-refractivity contribution in [2.24, 2.45) is 5.92 Å². The molecule has 0 aliphatic heterocycles. The van der Waals surface area contributed by atoms with Crippen molar-refractivity contribution in [1.29, 1.82) is 5.26 Å². The number of nitriles is 1. The molecule has 1 N–H and O–H groups in total. The Kier molecular flexibility index (Phi) is 3.65. The van der Waals surface area contributed by atoms with Crippen LogP contribution >= 0.6 is 27.5 Å². The van der Waals surface area contributed by atoms with Crippen LogP contribution in [0.4, 0.5) is 5.69 Å². The Balaban J connectivity index is 2.25. The molecule has 17 heavy (non-hydrogen) atoms. The monoisotopic (exact) mass is 312 g/mol. The maximum absolute atomic E-state index is 9.42. The second-order valence-electron chi connectivity index (χ2n) is 4.63. The topological polar surface area (TPSA) is 35.8 Å². The molecule has 1 aromatic rings. The van der Waals surface area contributed by atoms with Crippen LogP contribution in [-0.4, -0.2) is 5.54 Å². The van der Waals surface area contributed by atoms with E-state index in [1.165, 1.54) is 0 Å². The zero-order valence-electron chi connectivity index (χ0n) is 9.63. The van der Waals surface area contributed by atoms with Crippen molar-refractivity contribution in [3.05, 3.63) is 27.7 Å². The van der Waals surface area contributed by atoms with E-state index in [9.17, 15) is 5.26 Å². The van der Waals surface area contributed by atoms with Crippen molar-refractivity contribution < 1.29 is 0 Å². The first-order valence-corrected chi connectivity index (χ1v) is 6.89. The van der Waals surface area contributed by atoms with Crippen molar-refractivity contribution in [2.45, 2.75) is 31.7 Å². The molecule has 0 radical (unpaired) electrons. The van der Waals surface area contributed by atoms with E-state index in [2.05, 4.69) is 34.2 Å². The van der Waals surface area contributed by atoms with Crippen molar-refractivity contribution >= 4 is 33.2 Å². The van der Waals surface area contributed by atoms with E-state index in [0.29, 0.717) is 10.9 Å². The van der Waals surface area contributed by atoms with E-state index in [0.717, 1.165) is 29.4 Å². The Hall–Kier alpha value is -0.720. The van der Waals surface area contributed by atoms with Gasteiger partial charge in [-0.25, -0.2) is 0 Å². The third kappa shape index (κ3) is 2.43. The second-order valence-corrected chi connectivity index (χ2v) is 5.89. The van der Waals surface area contributed by atoms with Crippen molar-refractivity contribution in [2.75, 3.05) is 5.32 Å². The number of hydrogen-bond donors (Lipinski definition) is 1. The van der Waals surface area contributed by atoms with Gasteiger partial charge in [0.05, 0.1) is 11.1 Å². The van der Waals surface area contributed by atoms with Crippen LogP contribution in [0.1, 0.15) is 26.2 Å². The van der Waals surface area contributed by atoms with Crippen LogP contribution in [0.25, 0.3) is 0 Å². The maximum Gasteiger partial charge on any atom is 0.127 e. The molecule has 1 saturated carbocycles. The Labute approximate surface area is 115 Å². The van der Waals surface area contributed by atoms with E-state index >= 15 is 0 Å². The summed E-state index contributed by atoms with van der Waals surface area (Å²) in [6.07, 6.45) is 3.12. The summed E-state index contributed by atoms with van der Waals surface area (Å²) in [4.78, 5) is 0. The number of anilines is 1. The smallest absolute Gasteiger partial charge is 0.127 e. The molecule has 2 unspecified atom stereocenters. The molecule has 1 fully saturated rings. The van der Waals surface area contributed by atoms with Gasteiger partial charge in [0.15, 0.2) is 0 Å². The summed E-state index contributed by atoms with van der Waals surface area (Å²) in [5.41, 5.74) is 0.518. The van der Waals surface area contributed by atoms with Gasteiger partial charge in [-0.1, -0.05) is 18.5 Å². The molecule has 0 spiro atoms. The van der Waals surface area contributed by atoms with Gasteiger partial charge in [0.2, 0.25) is 0 Å². The molecule has 0 bridgehead atoms. The summed E-state index contributed by atoms with van der Waals surface area (Å²) in [6, 6.07) is 8.12. The minimum atomic E-state index is -0.423. The normalized spacial score (nSPS) is 27.8. The number of nitrogens with one attached hydrogen (secondary N) is 1. The van der Waals surface area contributed by atoms with Crippen LogP contribution < -0.4 is 5.32 Å². The van der Waals surface area contributed by atoms with Crippen LogP contribution in [-0.2, 0) is 0 Å². The Morgan fingerprint density at radius 3 is 2.88 bits per heavy atom. The van der Waals surface area contributed by atoms with E-state index in [1.54, 1.807) is 0 Å². The van der Waals surface area contributed by atoms with E-state index in [-0.39, 0.29) is 0 Å². The first-order valence-electron chi connectivity index (χ1n) is 5.72. The molecule has 0 heterocycles. The van der Waals surface area contributed by atoms with Crippen molar-refractivity contribution in [1.82, 2.24) is 0 Å². The summed E-state index contributed by atoms with van der Waals surface area (Å²) in [5, 5.41) is 13.5. The van der Waals surface area contributed by atoms with Gasteiger partial charge >= 0.3 is 0 Å². The Morgan fingerprint density at radius 1 is 1.59 bits per heavy atom. The zero-order chi connectivity index (χ0) is 12.5. The number of rotatable bonds is 2. The minimum absolute atomic E-state index is 0.377. The van der Waals surface area contributed by atoms with Crippen LogP contribution in [0.15, 0.2) is 22.7 Å². The van der Waals surface area contributed by atoms with E-state index in [4.69, 9.17) is 11.6 Å². The zero-order valence-corrected chi connectivity index (χ0v) is 12.0. The van der Waals surface area contributed by atoms with Gasteiger partial charge in [-0.05, 0) is 59.3 Å². The SMILES string of the molecule is CC1CCCC1(C#N)Nc1ccc(Cl)c(Br)c1. The fraction of sp³-hybridized carbons (Fsp3) is 0.462. The van der Waals surface area contributed by atoms with Gasteiger partial charge in [-0.3, -0.25) is 0 Å². The lowest BCUT2D eigenvalue weighted by molar-refractivity contribution is 0.464. The molecule has 4 heteroatoms. The van der Waals surface area contributed by atoms with Gasteiger partial charge in [0, 0.05) is 10.2 Å². The molecule has 2 rings (SSSR count). The molecule has 90 valence electrons. The molecule has 0 amide bonds. The Bertz CT molecular complexity index is 469. The lowest BCUT2D eigenvalue weighted by Crippen LogP contribution is -2.39. The predicted molar refractivity (Wildman–Crippen MR) is 74.1 cm³/mol. The standard InChI is InChI=1S/C13H14BrClN2/c1-9-3-2-6-13(9,8-16)17-10-4-5-12(15)11(14)7-10/h4-5,7,9,17H,2-3,6H2,1H3. The van der Waals surface area contributed by atoms with Crippen molar-refractivity contribution in [3.8, 4) is 6.07 Å². The highest BCUT2D eigenvalue weighted by molar-refractivity contribution is 9.10. The average Bonchev–Trinajstić information content (AvgIpc) is 2.66. The highest BCUT2D eigenvalue weighted by Gasteiger charge is 2.40. The van der Waals surface area contributed by atoms with Crippen LogP contribution in [0.2, 0.25) is 5.02 Å². The lowest BCUT2D eigenvalue weighted by atomic mass is 9.89. The van der Waals surface area contributed by atoms with Crippen LogP contribution in [0.3, 0.4) is 0 Å². The highest BCUT2D eigenvalue weighted by Crippen LogP contribution is 2.38. The van der Waals surface area contributed by atoms with Gasteiger partial charge in [-0.15, -0.1) is 0 Å². The predicted octanol–water partition coefficient (Wildman–Crippen LogP) is 4.60. The van der Waals surface area contributed by atoms with Gasteiger partial charge in [-0.2, -0.15) is 5.26 Å². The summed E-state index contributed by atoms with van der Waals surface area (Å²) in [5.74, 6) is 0.377. The van der Waals surface area contributed by atoms with Crippen LogP contribution in [0, 0.1) is 17.2 Å². The molecule has 1 aliphatic carbocycles. The van der Waals surface area contributed by atoms with Gasteiger partial charge in [0.25, 0.3) is 0 Å². The molecular formula is C13H14BrClN2. The number of hydrogen-bond acceptors (Lipinski definition) is 2.